The Morgan fingerprint density at radius 2 is 1.74 bits per heavy atom. The third-order valence-corrected chi connectivity index (χ3v) is 2.92. The van der Waals surface area contributed by atoms with Crippen LogP contribution in [0.3, 0.4) is 0 Å². The van der Waals surface area contributed by atoms with Crippen molar-refractivity contribution < 1.29 is 18.8 Å². The predicted molar refractivity (Wildman–Crippen MR) is 64.7 cm³/mol. The number of barbiturate groups is 1. The molecule has 0 bridgehead atoms. The van der Waals surface area contributed by atoms with Crippen LogP contribution in [0.1, 0.15) is 25.3 Å². The van der Waals surface area contributed by atoms with Crippen LogP contribution >= 0.6 is 0 Å². The molecule has 0 saturated carbocycles. The Kier molecular flexibility index (Phi) is 3.33. The number of hydrogen-bond donors (Lipinski definition) is 1. The fourth-order valence-corrected chi connectivity index (χ4v) is 2.03. The average molecular weight is 264 g/mol. The van der Waals surface area contributed by atoms with Crippen molar-refractivity contribution in [1.82, 2.24) is 10.2 Å². The summed E-state index contributed by atoms with van der Waals surface area (Å²) in [6, 6.07) is 4.00. The zero-order valence-corrected chi connectivity index (χ0v) is 10.5. The molecule has 1 fully saturated rings. The molecule has 1 unspecified atom stereocenters. The fourth-order valence-electron chi connectivity index (χ4n) is 2.03. The molecule has 100 valence electrons. The van der Waals surface area contributed by atoms with Crippen molar-refractivity contribution in [3.8, 4) is 0 Å². The van der Waals surface area contributed by atoms with Crippen molar-refractivity contribution in [1.29, 1.82) is 0 Å². The highest BCUT2D eigenvalue weighted by Gasteiger charge is 2.42. The van der Waals surface area contributed by atoms with Gasteiger partial charge in [-0.25, -0.2) is 9.18 Å². The normalized spacial score (nSPS) is 19.9. The van der Waals surface area contributed by atoms with Gasteiger partial charge in [0.1, 0.15) is 11.7 Å². The molecule has 4 amide bonds. The molecule has 1 atom stereocenters. The molecule has 1 heterocycles. The molecule has 0 radical (unpaired) electrons. The molecule has 6 heteroatoms. The lowest BCUT2D eigenvalue weighted by Gasteiger charge is -2.32. The lowest BCUT2D eigenvalue weighted by molar-refractivity contribution is -0.139. The number of nitrogens with zero attached hydrogens (tertiary/aromatic N) is 1. The van der Waals surface area contributed by atoms with Gasteiger partial charge in [0.15, 0.2) is 0 Å². The smallest absolute Gasteiger partial charge is 0.277 e. The highest BCUT2D eigenvalue weighted by molar-refractivity contribution is 6.19. The summed E-state index contributed by atoms with van der Waals surface area (Å²) in [6.07, 6.45) is 0. The molecule has 5 nitrogen and oxygen atoms in total. The van der Waals surface area contributed by atoms with Gasteiger partial charge < -0.3 is 0 Å². The van der Waals surface area contributed by atoms with E-state index in [0.717, 1.165) is 4.90 Å². The van der Waals surface area contributed by atoms with Crippen molar-refractivity contribution in [3.63, 3.8) is 0 Å². The van der Waals surface area contributed by atoms with Crippen LogP contribution < -0.4 is 5.32 Å². The standard InChI is InChI=1S/C13H13FN2O3/c1-7(2)16-12(18)10(11(17)15-13(16)19)8-3-5-9(14)6-4-8/h3-7,10H,1-2H3,(H,15,17,19). The maximum atomic E-state index is 12.9. The first kappa shape index (κ1) is 13.2. The Morgan fingerprint density at radius 1 is 1.16 bits per heavy atom. The first-order valence-electron chi connectivity index (χ1n) is 5.85. The molecule has 1 aromatic rings. The van der Waals surface area contributed by atoms with E-state index in [1.165, 1.54) is 24.3 Å². The van der Waals surface area contributed by atoms with Crippen molar-refractivity contribution in [2.45, 2.75) is 25.8 Å². The second-order valence-corrected chi connectivity index (χ2v) is 4.58. The Morgan fingerprint density at radius 3 is 2.26 bits per heavy atom. The second kappa shape index (κ2) is 4.79. The molecule has 1 saturated heterocycles. The number of carbonyl (C=O) groups excluding carboxylic acids is 3. The molecule has 1 aliphatic heterocycles. The molecule has 1 N–H and O–H groups in total. The lowest BCUT2D eigenvalue weighted by Crippen LogP contribution is -2.58. The number of urea groups is 1. The van der Waals surface area contributed by atoms with E-state index in [-0.39, 0.29) is 6.04 Å². The molecule has 1 aliphatic rings. The number of amides is 4. The van der Waals surface area contributed by atoms with E-state index in [2.05, 4.69) is 5.32 Å². The molecule has 19 heavy (non-hydrogen) atoms. The summed E-state index contributed by atoms with van der Waals surface area (Å²) >= 11 is 0. The molecule has 1 aromatic carbocycles. The van der Waals surface area contributed by atoms with Gasteiger partial charge >= 0.3 is 6.03 Å². The Bertz CT molecular complexity index is 539. The first-order chi connectivity index (χ1) is 8.91. The van der Waals surface area contributed by atoms with Crippen LogP contribution in [0.25, 0.3) is 0 Å². The fraction of sp³-hybridized carbons (Fsp3) is 0.308. The van der Waals surface area contributed by atoms with Gasteiger partial charge in [0.05, 0.1) is 0 Å². The number of hydrogen-bond acceptors (Lipinski definition) is 3. The van der Waals surface area contributed by atoms with Gasteiger partial charge in [-0.15, -0.1) is 0 Å². The van der Waals surface area contributed by atoms with E-state index in [1.54, 1.807) is 13.8 Å². The third-order valence-electron chi connectivity index (χ3n) is 2.92. The number of carbonyl (C=O) groups is 3. The van der Waals surface area contributed by atoms with E-state index in [4.69, 9.17) is 0 Å². The Labute approximate surface area is 109 Å². The van der Waals surface area contributed by atoms with Gasteiger partial charge in [0, 0.05) is 6.04 Å². The van der Waals surface area contributed by atoms with Gasteiger partial charge in [-0.05, 0) is 31.5 Å². The van der Waals surface area contributed by atoms with Crippen LogP contribution in [0.15, 0.2) is 24.3 Å². The minimum Gasteiger partial charge on any atom is -0.277 e. The topological polar surface area (TPSA) is 66.5 Å². The summed E-state index contributed by atoms with van der Waals surface area (Å²) in [6.45, 7) is 3.35. The lowest BCUT2D eigenvalue weighted by atomic mass is 9.94. The largest absolute Gasteiger partial charge is 0.331 e. The molecule has 0 spiro atoms. The van der Waals surface area contributed by atoms with E-state index in [0.29, 0.717) is 5.56 Å². The van der Waals surface area contributed by atoms with Crippen molar-refractivity contribution in [2.75, 3.05) is 0 Å². The minimum absolute atomic E-state index is 0.358. The van der Waals surface area contributed by atoms with E-state index >= 15 is 0 Å². The quantitative estimate of drug-likeness (QED) is 0.821. The van der Waals surface area contributed by atoms with Crippen LogP contribution in [-0.2, 0) is 9.59 Å². The van der Waals surface area contributed by atoms with Gasteiger partial charge in [0.25, 0.3) is 0 Å². The SMILES string of the molecule is CC(C)N1C(=O)NC(=O)C(c2ccc(F)cc2)C1=O. The van der Waals surface area contributed by atoms with Crippen molar-refractivity contribution in [2.24, 2.45) is 0 Å². The average Bonchev–Trinajstić information content (AvgIpc) is 2.30. The monoisotopic (exact) mass is 264 g/mol. The van der Waals surface area contributed by atoms with Crippen molar-refractivity contribution in [3.05, 3.63) is 35.6 Å². The van der Waals surface area contributed by atoms with Crippen LogP contribution in [0.5, 0.6) is 0 Å². The maximum absolute atomic E-state index is 12.9. The molecule has 2 rings (SSSR count). The van der Waals surface area contributed by atoms with Gasteiger partial charge in [-0.3, -0.25) is 19.8 Å². The van der Waals surface area contributed by atoms with Crippen LogP contribution in [0.2, 0.25) is 0 Å². The summed E-state index contributed by atoms with van der Waals surface area (Å²) in [5.41, 5.74) is 0.363. The van der Waals surface area contributed by atoms with E-state index in [9.17, 15) is 18.8 Å². The number of benzene rings is 1. The molecule has 0 aromatic heterocycles. The van der Waals surface area contributed by atoms with Gasteiger partial charge in [0.2, 0.25) is 11.8 Å². The van der Waals surface area contributed by atoms with Crippen LogP contribution in [0.4, 0.5) is 9.18 Å². The number of halogens is 1. The zero-order chi connectivity index (χ0) is 14.2. The zero-order valence-electron chi connectivity index (χ0n) is 10.5. The minimum atomic E-state index is -1.11. The Balaban J connectivity index is 2.38. The third kappa shape index (κ3) is 2.33. The van der Waals surface area contributed by atoms with Crippen LogP contribution in [0, 0.1) is 5.82 Å². The summed E-state index contributed by atoms with van der Waals surface area (Å²) in [7, 11) is 0. The molecule has 0 aliphatic carbocycles. The second-order valence-electron chi connectivity index (χ2n) is 4.58. The highest BCUT2D eigenvalue weighted by atomic mass is 19.1. The van der Waals surface area contributed by atoms with E-state index < -0.39 is 29.6 Å². The maximum Gasteiger partial charge on any atom is 0.331 e. The number of nitrogens with one attached hydrogen (secondary N) is 1. The van der Waals surface area contributed by atoms with Crippen molar-refractivity contribution >= 4 is 17.8 Å². The first-order valence-corrected chi connectivity index (χ1v) is 5.85. The highest BCUT2D eigenvalue weighted by Crippen LogP contribution is 2.24. The summed E-state index contributed by atoms with van der Waals surface area (Å²) < 4.78 is 12.9. The molecular formula is C13H13FN2O3. The molecular weight excluding hydrogens is 251 g/mol. The predicted octanol–water partition coefficient (Wildman–Crippen LogP) is 1.40. The summed E-state index contributed by atoms with van der Waals surface area (Å²) in [5, 5.41) is 2.14. The van der Waals surface area contributed by atoms with Crippen LogP contribution in [-0.4, -0.2) is 28.8 Å². The van der Waals surface area contributed by atoms with Gasteiger partial charge in [-0.1, -0.05) is 12.1 Å². The number of imide groups is 2. The summed E-state index contributed by atoms with van der Waals surface area (Å²) in [5.74, 6) is -2.83. The summed E-state index contributed by atoms with van der Waals surface area (Å²) in [4.78, 5) is 36.6. The number of rotatable bonds is 2. The van der Waals surface area contributed by atoms with E-state index in [1.807, 2.05) is 0 Å². The Hall–Kier alpha value is -2.24. The van der Waals surface area contributed by atoms with Gasteiger partial charge in [-0.2, -0.15) is 0 Å².